The number of H-pyrrole nitrogens is 1. The van der Waals surface area contributed by atoms with Gasteiger partial charge in [0, 0.05) is 23.6 Å². The van der Waals surface area contributed by atoms with Gasteiger partial charge < -0.3 is 16.0 Å². The van der Waals surface area contributed by atoms with Gasteiger partial charge in [0.05, 0.1) is 6.42 Å². The third kappa shape index (κ3) is 2.80. The van der Waals surface area contributed by atoms with Crippen LogP contribution >= 0.6 is 0 Å². The summed E-state index contributed by atoms with van der Waals surface area (Å²) in [6.45, 7) is 0. The Morgan fingerprint density at radius 2 is 2.18 bits per heavy atom. The number of rotatable bonds is 4. The summed E-state index contributed by atoms with van der Waals surface area (Å²) in [5.41, 5.74) is 6.96. The van der Waals surface area contributed by atoms with Crippen LogP contribution < -0.4 is 11.1 Å². The zero-order valence-corrected chi connectivity index (χ0v) is 11.8. The van der Waals surface area contributed by atoms with E-state index in [4.69, 9.17) is 5.73 Å². The van der Waals surface area contributed by atoms with Crippen LogP contribution in [0.25, 0.3) is 10.9 Å². The molecule has 0 bridgehead atoms. The summed E-state index contributed by atoms with van der Waals surface area (Å²) in [6, 6.07) is 6.93. The lowest BCUT2D eigenvalue weighted by Crippen LogP contribution is -2.15. The molecule has 22 heavy (non-hydrogen) atoms. The van der Waals surface area contributed by atoms with Gasteiger partial charge in [-0.05, 0) is 24.3 Å². The number of hydrogen-bond acceptors (Lipinski definition) is 4. The molecule has 3 aromatic rings. The second kappa shape index (κ2) is 5.32. The summed E-state index contributed by atoms with van der Waals surface area (Å²) in [4.78, 5) is 30.0. The Morgan fingerprint density at radius 1 is 1.36 bits per heavy atom. The number of benzene rings is 1. The maximum atomic E-state index is 12.0. The van der Waals surface area contributed by atoms with Crippen molar-refractivity contribution in [1.82, 2.24) is 19.7 Å². The van der Waals surface area contributed by atoms with Gasteiger partial charge in [0.2, 0.25) is 5.91 Å². The Labute approximate surface area is 125 Å². The van der Waals surface area contributed by atoms with Crippen LogP contribution in [0.1, 0.15) is 16.3 Å². The number of aromatic amines is 1. The molecular formula is C14H14N6O2. The molecule has 112 valence electrons. The second-order valence-electron chi connectivity index (χ2n) is 4.91. The number of hydrogen-bond donors (Lipinski definition) is 3. The van der Waals surface area contributed by atoms with Crippen molar-refractivity contribution in [2.75, 3.05) is 5.32 Å². The van der Waals surface area contributed by atoms with Crippen molar-refractivity contribution in [2.24, 2.45) is 12.8 Å². The summed E-state index contributed by atoms with van der Waals surface area (Å²) in [6.07, 6.45) is 1.64. The summed E-state index contributed by atoms with van der Waals surface area (Å²) in [5, 5.41) is 7.62. The third-order valence-electron chi connectivity index (χ3n) is 3.14. The van der Waals surface area contributed by atoms with E-state index in [2.05, 4.69) is 20.4 Å². The maximum absolute atomic E-state index is 12.0. The van der Waals surface area contributed by atoms with E-state index in [0.717, 1.165) is 10.9 Å². The van der Waals surface area contributed by atoms with Gasteiger partial charge in [-0.2, -0.15) is 5.10 Å². The molecular weight excluding hydrogens is 284 g/mol. The molecule has 3 rings (SSSR count). The van der Waals surface area contributed by atoms with Gasteiger partial charge in [0.25, 0.3) is 5.91 Å². The SMILES string of the molecule is Cn1cnc(CC(=O)Nc2ccc3[nH]c(C(N)=O)cc3c2)n1. The molecule has 0 fully saturated rings. The fourth-order valence-corrected chi connectivity index (χ4v) is 2.16. The minimum absolute atomic E-state index is 0.0958. The van der Waals surface area contributed by atoms with Crippen LogP contribution in [0.3, 0.4) is 0 Å². The van der Waals surface area contributed by atoms with Crippen molar-refractivity contribution in [3.05, 3.63) is 42.1 Å². The number of carbonyl (C=O) groups is 2. The van der Waals surface area contributed by atoms with Gasteiger partial charge >= 0.3 is 0 Å². The van der Waals surface area contributed by atoms with Crippen LogP contribution in [0.5, 0.6) is 0 Å². The number of anilines is 1. The van der Waals surface area contributed by atoms with E-state index in [-0.39, 0.29) is 12.3 Å². The molecule has 0 spiro atoms. The first kappa shape index (κ1) is 13.8. The highest BCUT2D eigenvalue weighted by atomic mass is 16.2. The van der Waals surface area contributed by atoms with Crippen molar-refractivity contribution in [3.8, 4) is 0 Å². The maximum Gasteiger partial charge on any atom is 0.265 e. The number of nitrogens with zero attached hydrogens (tertiary/aromatic N) is 3. The monoisotopic (exact) mass is 298 g/mol. The number of nitrogens with two attached hydrogens (primary N) is 1. The molecule has 0 aliphatic carbocycles. The lowest BCUT2D eigenvalue weighted by molar-refractivity contribution is -0.115. The number of carbonyl (C=O) groups excluding carboxylic acids is 2. The van der Waals surface area contributed by atoms with Crippen molar-refractivity contribution >= 4 is 28.4 Å². The molecule has 2 heterocycles. The molecule has 0 atom stereocenters. The molecule has 0 saturated heterocycles. The number of amides is 2. The largest absolute Gasteiger partial charge is 0.364 e. The Morgan fingerprint density at radius 3 is 2.86 bits per heavy atom. The Kier molecular flexibility index (Phi) is 3.34. The lowest BCUT2D eigenvalue weighted by atomic mass is 10.2. The van der Waals surface area contributed by atoms with Crippen LogP contribution in [-0.2, 0) is 18.3 Å². The molecule has 8 heteroatoms. The molecule has 8 nitrogen and oxygen atoms in total. The molecule has 2 aromatic heterocycles. The Hall–Kier alpha value is -3.16. The first-order valence-electron chi connectivity index (χ1n) is 6.58. The van der Waals surface area contributed by atoms with E-state index in [1.165, 1.54) is 0 Å². The average molecular weight is 298 g/mol. The molecule has 4 N–H and O–H groups in total. The summed E-state index contributed by atoms with van der Waals surface area (Å²) >= 11 is 0. The smallest absolute Gasteiger partial charge is 0.265 e. The second-order valence-corrected chi connectivity index (χ2v) is 4.91. The standard InChI is InChI=1S/C14H14N6O2/c1-20-7-16-12(19-20)6-13(21)17-9-2-3-10-8(4-9)5-11(18-10)14(15)22/h2-5,7,18H,6H2,1H3,(H2,15,22)(H,17,21). The molecule has 0 aliphatic rings. The van der Waals surface area contributed by atoms with Gasteiger partial charge in [-0.1, -0.05) is 0 Å². The van der Waals surface area contributed by atoms with Crippen molar-refractivity contribution in [1.29, 1.82) is 0 Å². The minimum Gasteiger partial charge on any atom is -0.364 e. The van der Waals surface area contributed by atoms with E-state index in [1.807, 2.05) is 0 Å². The highest BCUT2D eigenvalue weighted by Gasteiger charge is 2.10. The number of aryl methyl sites for hydroxylation is 1. The highest BCUT2D eigenvalue weighted by Crippen LogP contribution is 2.20. The molecule has 0 radical (unpaired) electrons. The van der Waals surface area contributed by atoms with Gasteiger partial charge in [0.1, 0.15) is 12.0 Å². The zero-order chi connectivity index (χ0) is 15.7. The topological polar surface area (TPSA) is 119 Å². The lowest BCUT2D eigenvalue weighted by Gasteiger charge is -2.03. The number of fused-ring (bicyclic) bond motifs is 1. The van der Waals surface area contributed by atoms with Crippen LogP contribution in [0.2, 0.25) is 0 Å². The third-order valence-corrected chi connectivity index (χ3v) is 3.14. The summed E-state index contributed by atoms with van der Waals surface area (Å²) in [7, 11) is 1.74. The first-order chi connectivity index (χ1) is 10.5. The quantitative estimate of drug-likeness (QED) is 0.652. The van der Waals surface area contributed by atoms with Gasteiger partial charge in [-0.15, -0.1) is 0 Å². The van der Waals surface area contributed by atoms with Gasteiger partial charge in [-0.3, -0.25) is 14.3 Å². The Balaban J connectivity index is 1.75. The molecule has 0 saturated carbocycles. The summed E-state index contributed by atoms with van der Waals surface area (Å²) < 4.78 is 1.54. The fourth-order valence-electron chi connectivity index (χ4n) is 2.16. The summed E-state index contributed by atoms with van der Waals surface area (Å²) in [5.74, 6) is -0.280. The molecule has 1 aromatic carbocycles. The van der Waals surface area contributed by atoms with E-state index >= 15 is 0 Å². The molecule has 0 unspecified atom stereocenters. The average Bonchev–Trinajstić information content (AvgIpc) is 3.04. The Bertz CT molecular complexity index is 863. The fraction of sp³-hybridized carbons (Fsp3) is 0.143. The zero-order valence-electron chi connectivity index (χ0n) is 11.8. The first-order valence-corrected chi connectivity index (χ1v) is 6.58. The van der Waals surface area contributed by atoms with Crippen molar-refractivity contribution in [3.63, 3.8) is 0 Å². The van der Waals surface area contributed by atoms with E-state index in [0.29, 0.717) is 17.2 Å². The predicted molar refractivity (Wildman–Crippen MR) is 80.2 cm³/mol. The minimum atomic E-state index is -0.525. The predicted octanol–water partition coefficient (Wildman–Crippen LogP) is 0.576. The number of aromatic nitrogens is 4. The normalized spacial score (nSPS) is 10.8. The van der Waals surface area contributed by atoms with Crippen LogP contribution in [0, 0.1) is 0 Å². The van der Waals surface area contributed by atoms with Gasteiger partial charge in [-0.25, -0.2) is 4.98 Å². The molecule has 2 amide bonds. The van der Waals surface area contributed by atoms with E-state index in [1.54, 1.807) is 42.3 Å². The van der Waals surface area contributed by atoms with Crippen molar-refractivity contribution in [2.45, 2.75) is 6.42 Å². The van der Waals surface area contributed by atoms with Crippen LogP contribution in [0.15, 0.2) is 30.6 Å². The van der Waals surface area contributed by atoms with E-state index < -0.39 is 5.91 Å². The van der Waals surface area contributed by atoms with Gasteiger partial charge in [0.15, 0.2) is 5.82 Å². The van der Waals surface area contributed by atoms with Crippen molar-refractivity contribution < 1.29 is 9.59 Å². The molecule has 0 aliphatic heterocycles. The van der Waals surface area contributed by atoms with E-state index in [9.17, 15) is 9.59 Å². The van der Waals surface area contributed by atoms with Crippen LogP contribution in [0.4, 0.5) is 5.69 Å². The number of primary amides is 1. The van der Waals surface area contributed by atoms with Crippen LogP contribution in [-0.4, -0.2) is 31.6 Å². The number of nitrogens with one attached hydrogen (secondary N) is 2. The highest BCUT2D eigenvalue weighted by molar-refractivity contribution is 5.99.